The van der Waals surface area contributed by atoms with Crippen molar-refractivity contribution >= 4 is 5.91 Å². The molecule has 3 N–H and O–H groups in total. The lowest BCUT2D eigenvalue weighted by Gasteiger charge is -2.14. The summed E-state index contributed by atoms with van der Waals surface area (Å²) in [5.74, 6) is 1.09. The Hall–Kier alpha value is -2.41. The van der Waals surface area contributed by atoms with E-state index in [2.05, 4.69) is 15.5 Å². The first-order chi connectivity index (χ1) is 10.1. The maximum atomic E-state index is 11.9. The van der Waals surface area contributed by atoms with Crippen LogP contribution in [0.3, 0.4) is 0 Å². The van der Waals surface area contributed by atoms with Crippen molar-refractivity contribution in [1.29, 1.82) is 0 Å². The van der Waals surface area contributed by atoms with Crippen molar-refractivity contribution in [1.82, 2.24) is 20.1 Å². The number of para-hydroxylation sites is 1. The first-order valence-electron chi connectivity index (χ1n) is 6.66. The summed E-state index contributed by atoms with van der Waals surface area (Å²) in [6.45, 7) is 2.14. The summed E-state index contributed by atoms with van der Waals surface area (Å²) >= 11 is 0. The van der Waals surface area contributed by atoms with Gasteiger partial charge in [-0.25, -0.2) is 0 Å². The zero-order valence-electron chi connectivity index (χ0n) is 12.1. The Morgan fingerprint density at radius 1 is 1.48 bits per heavy atom. The molecule has 1 atom stereocenters. The highest BCUT2D eigenvalue weighted by molar-refractivity contribution is 5.77. The molecule has 0 bridgehead atoms. The lowest BCUT2D eigenvalue weighted by molar-refractivity contribution is -0.123. The van der Waals surface area contributed by atoms with Crippen molar-refractivity contribution in [3.05, 3.63) is 42.0 Å². The first kappa shape index (κ1) is 15.0. The number of amides is 1. The van der Waals surface area contributed by atoms with Gasteiger partial charge in [0.1, 0.15) is 12.1 Å². The highest BCUT2D eigenvalue weighted by Gasteiger charge is 2.14. The molecule has 1 heterocycles. The van der Waals surface area contributed by atoms with Crippen LogP contribution in [0.2, 0.25) is 0 Å². The van der Waals surface area contributed by atoms with Crippen LogP contribution in [0.1, 0.15) is 24.4 Å². The van der Waals surface area contributed by atoms with Gasteiger partial charge in [-0.1, -0.05) is 18.2 Å². The molecule has 0 radical (unpaired) electrons. The lowest BCUT2D eigenvalue weighted by atomic mass is 10.2. The summed E-state index contributed by atoms with van der Waals surface area (Å²) in [5.41, 5.74) is 6.49. The van der Waals surface area contributed by atoms with Gasteiger partial charge in [-0.3, -0.25) is 4.79 Å². The molecular weight excluding hydrogens is 270 g/mol. The second-order valence-electron chi connectivity index (χ2n) is 4.69. The molecule has 1 unspecified atom stereocenters. The number of aryl methyl sites for hydroxylation is 1. The fourth-order valence-electron chi connectivity index (χ4n) is 1.99. The number of nitrogens with two attached hydrogens (primary N) is 1. The third kappa shape index (κ3) is 3.79. The Kier molecular flexibility index (Phi) is 4.89. The number of rotatable bonds is 6. The average Bonchev–Trinajstić information content (AvgIpc) is 2.91. The standard InChI is InChI=1S/C14H19N5O2/c1-10(14-18-16-9-19(14)2)17-13(20)8-21-12-6-4-3-5-11(12)7-15/h3-6,9-10H,7-8,15H2,1-2H3,(H,17,20). The number of aromatic nitrogens is 3. The second-order valence-corrected chi connectivity index (χ2v) is 4.69. The van der Waals surface area contributed by atoms with Gasteiger partial charge in [0.05, 0.1) is 6.04 Å². The molecule has 0 fully saturated rings. The average molecular weight is 289 g/mol. The van der Waals surface area contributed by atoms with E-state index < -0.39 is 0 Å². The van der Waals surface area contributed by atoms with E-state index in [0.29, 0.717) is 18.1 Å². The van der Waals surface area contributed by atoms with Gasteiger partial charge in [0.25, 0.3) is 5.91 Å². The quantitative estimate of drug-likeness (QED) is 0.809. The third-order valence-electron chi connectivity index (χ3n) is 3.06. The smallest absolute Gasteiger partial charge is 0.258 e. The Bertz CT molecular complexity index is 611. The van der Waals surface area contributed by atoms with E-state index in [1.54, 1.807) is 17.0 Å². The van der Waals surface area contributed by atoms with Gasteiger partial charge in [-0.2, -0.15) is 0 Å². The maximum absolute atomic E-state index is 11.9. The molecule has 7 heteroatoms. The highest BCUT2D eigenvalue weighted by Crippen LogP contribution is 2.17. The van der Waals surface area contributed by atoms with E-state index in [1.165, 1.54) is 0 Å². The van der Waals surface area contributed by atoms with Crippen molar-refractivity contribution in [3.63, 3.8) is 0 Å². The first-order valence-corrected chi connectivity index (χ1v) is 6.66. The van der Waals surface area contributed by atoms with Crippen molar-refractivity contribution in [2.75, 3.05) is 6.61 Å². The van der Waals surface area contributed by atoms with Gasteiger partial charge >= 0.3 is 0 Å². The fourth-order valence-corrected chi connectivity index (χ4v) is 1.99. The molecule has 112 valence electrons. The Balaban J connectivity index is 1.89. The van der Waals surface area contributed by atoms with Crippen LogP contribution in [0.15, 0.2) is 30.6 Å². The summed E-state index contributed by atoms with van der Waals surface area (Å²) in [4.78, 5) is 11.9. The predicted octanol–water partition coefficient (Wildman–Crippen LogP) is 0.530. The van der Waals surface area contributed by atoms with Crippen LogP contribution in [-0.2, 0) is 18.4 Å². The summed E-state index contributed by atoms with van der Waals surface area (Å²) in [6, 6.07) is 7.15. The minimum absolute atomic E-state index is 0.0702. The topological polar surface area (TPSA) is 95.1 Å². The molecule has 21 heavy (non-hydrogen) atoms. The number of hydrogen-bond donors (Lipinski definition) is 2. The van der Waals surface area contributed by atoms with Gasteiger partial charge in [-0.15, -0.1) is 10.2 Å². The largest absolute Gasteiger partial charge is 0.483 e. The van der Waals surface area contributed by atoms with Crippen LogP contribution in [0.25, 0.3) is 0 Å². The number of ether oxygens (including phenoxy) is 1. The van der Waals surface area contributed by atoms with Gasteiger partial charge in [0, 0.05) is 19.2 Å². The van der Waals surface area contributed by atoms with Crippen molar-refractivity contribution in [2.45, 2.75) is 19.5 Å². The molecule has 0 saturated heterocycles. The lowest BCUT2D eigenvalue weighted by Crippen LogP contribution is -2.32. The minimum Gasteiger partial charge on any atom is -0.483 e. The number of carbonyl (C=O) groups excluding carboxylic acids is 1. The monoisotopic (exact) mass is 289 g/mol. The second kappa shape index (κ2) is 6.85. The van der Waals surface area contributed by atoms with Crippen LogP contribution < -0.4 is 15.8 Å². The van der Waals surface area contributed by atoms with E-state index in [4.69, 9.17) is 10.5 Å². The molecular formula is C14H19N5O2. The normalized spacial score (nSPS) is 12.0. The molecule has 0 aliphatic rings. The maximum Gasteiger partial charge on any atom is 0.258 e. The summed E-state index contributed by atoms with van der Waals surface area (Å²) in [7, 11) is 1.83. The van der Waals surface area contributed by atoms with Gasteiger partial charge < -0.3 is 20.4 Å². The predicted molar refractivity (Wildman–Crippen MR) is 77.4 cm³/mol. The highest BCUT2D eigenvalue weighted by atomic mass is 16.5. The Morgan fingerprint density at radius 3 is 2.90 bits per heavy atom. The number of carbonyl (C=O) groups is 1. The van der Waals surface area contributed by atoms with E-state index in [1.807, 2.05) is 32.2 Å². The molecule has 0 spiro atoms. The van der Waals surface area contributed by atoms with E-state index in [9.17, 15) is 4.79 Å². The van der Waals surface area contributed by atoms with Crippen molar-refractivity contribution < 1.29 is 9.53 Å². The molecule has 0 aliphatic carbocycles. The van der Waals surface area contributed by atoms with Crippen LogP contribution in [0, 0.1) is 0 Å². The minimum atomic E-state index is -0.238. The van der Waals surface area contributed by atoms with Crippen LogP contribution in [-0.4, -0.2) is 27.3 Å². The van der Waals surface area contributed by atoms with Crippen LogP contribution in [0.4, 0.5) is 0 Å². The summed E-state index contributed by atoms with van der Waals surface area (Å²) in [5, 5.41) is 10.6. The van der Waals surface area contributed by atoms with Crippen LogP contribution in [0.5, 0.6) is 5.75 Å². The van der Waals surface area contributed by atoms with E-state index in [-0.39, 0.29) is 18.6 Å². The number of benzene rings is 1. The molecule has 1 amide bonds. The summed E-state index contributed by atoms with van der Waals surface area (Å²) in [6.07, 6.45) is 1.59. The molecule has 0 aliphatic heterocycles. The number of nitrogens with one attached hydrogen (secondary N) is 1. The number of nitrogens with zero attached hydrogens (tertiary/aromatic N) is 3. The SMILES string of the molecule is CC(NC(=O)COc1ccccc1CN)c1nncn1C. The Labute approximate surface area is 123 Å². The summed E-state index contributed by atoms with van der Waals surface area (Å²) < 4.78 is 7.26. The van der Waals surface area contributed by atoms with Gasteiger partial charge in [0.2, 0.25) is 0 Å². The molecule has 0 saturated carbocycles. The zero-order chi connectivity index (χ0) is 15.2. The van der Waals surface area contributed by atoms with Crippen LogP contribution >= 0.6 is 0 Å². The van der Waals surface area contributed by atoms with Crippen molar-refractivity contribution in [2.24, 2.45) is 12.8 Å². The molecule has 7 nitrogen and oxygen atoms in total. The molecule has 2 aromatic rings. The van der Waals surface area contributed by atoms with E-state index in [0.717, 1.165) is 5.56 Å². The third-order valence-corrected chi connectivity index (χ3v) is 3.06. The molecule has 1 aromatic carbocycles. The van der Waals surface area contributed by atoms with Crippen molar-refractivity contribution in [3.8, 4) is 5.75 Å². The fraction of sp³-hybridized carbons (Fsp3) is 0.357. The van der Waals surface area contributed by atoms with Gasteiger partial charge in [0.15, 0.2) is 12.4 Å². The molecule has 2 rings (SSSR count). The molecule has 1 aromatic heterocycles. The zero-order valence-corrected chi connectivity index (χ0v) is 12.1. The van der Waals surface area contributed by atoms with Gasteiger partial charge in [-0.05, 0) is 13.0 Å². The Morgan fingerprint density at radius 2 is 2.24 bits per heavy atom. The van der Waals surface area contributed by atoms with E-state index >= 15 is 0 Å². The number of hydrogen-bond acceptors (Lipinski definition) is 5.